The van der Waals surface area contributed by atoms with Gasteiger partial charge in [-0.15, -0.1) is 0 Å². The highest BCUT2D eigenvalue weighted by Crippen LogP contribution is 2.17. The molecule has 0 aliphatic carbocycles. The lowest BCUT2D eigenvalue weighted by molar-refractivity contribution is 1.09. The topological polar surface area (TPSA) is 45.8 Å². The predicted octanol–water partition coefficient (Wildman–Crippen LogP) is 2.71. The number of rotatable bonds is 1. The Morgan fingerprint density at radius 1 is 1.19 bits per heavy atom. The molecule has 0 fully saturated rings. The van der Waals surface area contributed by atoms with E-state index < -0.39 is 0 Å². The lowest BCUT2D eigenvalue weighted by Gasteiger charge is -2.03. The van der Waals surface area contributed by atoms with Crippen molar-refractivity contribution in [1.29, 1.82) is 0 Å². The highest BCUT2D eigenvalue weighted by molar-refractivity contribution is 6.30. The highest BCUT2D eigenvalue weighted by atomic mass is 35.5. The van der Waals surface area contributed by atoms with Gasteiger partial charge < -0.3 is 4.98 Å². The summed E-state index contributed by atoms with van der Waals surface area (Å²) in [4.78, 5) is 18.4. The summed E-state index contributed by atoms with van der Waals surface area (Å²) in [6, 6.07) is 7.73. The van der Waals surface area contributed by atoms with E-state index in [-0.39, 0.29) is 10.7 Å². The fourth-order valence-corrected chi connectivity index (χ4v) is 1.52. The SMILES string of the molecule is Cc1ccc(-c2nc(Cl)c(C)c(=O)[nH]2)cc1. The van der Waals surface area contributed by atoms with Gasteiger partial charge in [0.05, 0.1) is 5.56 Å². The molecule has 1 heterocycles. The van der Waals surface area contributed by atoms with Crippen LogP contribution in [0, 0.1) is 13.8 Å². The van der Waals surface area contributed by atoms with Gasteiger partial charge in [0.15, 0.2) is 0 Å². The number of hydrogen-bond donors (Lipinski definition) is 1. The highest BCUT2D eigenvalue weighted by Gasteiger charge is 2.06. The molecule has 0 atom stereocenters. The van der Waals surface area contributed by atoms with Gasteiger partial charge in [0.1, 0.15) is 11.0 Å². The zero-order valence-electron chi connectivity index (χ0n) is 9.04. The van der Waals surface area contributed by atoms with Crippen molar-refractivity contribution in [2.45, 2.75) is 13.8 Å². The van der Waals surface area contributed by atoms with Crippen molar-refractivity contribution in [1.82, 2.24) is 9.97 Å². The second-order valence-electron chi connectivity index (χ2n) is 3.70. The zero-order valence-corrected chi connectivity index (χ0v) is 9.80. The average Bonchev–Trinajstić information content (AvgIpc) is 2.26. The standard InChI is InChI=1S/C12H11ClN2O/c1-7-3-5-9(6-4-7)11-14-10(13)8(2)12(16)15-11/h3-6H,1-2H3,(H,14,15,16). The Morgan fingerprint density at radius 2 is 1.81 bits per heavy atom. The Hall–Kier alpha value is -1.61. The molecular weight excluding hydrogens is 224 g/mol. The molecule has 2 aromatic rings. The Morgan fingerprint density at radius 3 is 2.38 bits per heavy atom. The van der Waals surface area contributed by atoms with Crippen molar-refractivity contribution >= 4 is 11.6 Å². The van der Waals surface area contributed by atoms with E-state index in [0.717, 1.165) is 11.1 Å². The van der Waals surface area contributed by atoms with Crippen LogP contribution >= 0.6 is 11.6 Å². The van der Waals surface area contributed by atoms with Crippen LogP contribution in [0.25, 0.3) is 11.4 Å². The van der Waals surface area contributed by atoms with Crippen LogP contribution in [-0.2, 0) is 0 Å². The number of nitrogens with one attached hydrogen (secondary N) is 1. The molecule has 1 N–H and O–H groups in total. The second kappa shape index (κ2) is 4.10. The van der Waals surface area contributed by atoms with Crippen molar-refractivity contribution < 1.29 is 0 Å². The second-order valence-corrected chi connectivity index (χ2v) is 4.05. The van der Waals surface area contributed by atoms with E-state index in [0.29, 0.717) is 11.4 Å². The Kier molecular flexibility index (Phi) is 2.79. The van der Waals surface area contributed by atoms with E-state index in [9.17, 15) is 4.79 Å². The van der Waals surface area contributed by atoms with Gasteiger partial charge in [0.25, 0.3) is 5.56 Å². The minimum Gasteiger partial charge on any atom is -0.306 e. The molecule has 4 heteroatoms. The maximum atomic E-state index is 11.5. The van der Waals surface area contributed by atoms with Crippen LogP contribution in [0.2, 0.25) is 5.15 Å². The third-order valence-electron chi connectivity index (χ3n) is 2.42. The number of aromatic nitrogens is 2. The third kappa shape index (κ3) is 1.99. The van der Waals surface area contributed by atoms with E-state index in [1.165, 1.54) is 0 Å². The molecule has 0 aliphatic rings. The molecule has 0 spiro atoms. The van der Waals surface area contributed by atoms with E-state index in [1.807, 2.05) is 31.2 Å². The summed E-state index contributed by atoms with van der Waals surface area (Å²) in [6.07, 6.45) is 0. The molecule has 0 unspecified atom stereocenters. The van der Waals surface area contributed by atoms with E-state index >= 15 is 0 Å². The fraction of sp³-hybridized carbons (Fsp3) is 0.167. The molecule has 0 amide bonds. The third-order valence-corrected chi connectivity index (χ3v) is 2.78. The van der Waals surface area contributed by atoms with Gasteiger partial charge in [-0.1, -0.05) is 41.4 Å². The molecule has 82 valence electrons. The quantitative estimate of drug-likeness (QED) is 0.772. The number of aromatic amines is 1. The van der Waals surface area contributed by atoms with Gasteiger partial charge in [0.2, 0.25) is 0 Å². The molecule has 1 aromatic carbocycles. The first-order valence-corrected chi connectivity index (χ1v) is 5.29. The average molecular weight is 235 g/mol. The molecule has 0 saturated heterocycles. The van der Waals surface area contributed by atoms with Gasteiger partial charge in [-0.25, -0.2) is 4.98 Å². The number of nitrogens with zero attached hydrogens (tertiary/aromatic N) is 1. The smallest absolute Gasteiger partial charge is 0.255 e. The number of aryl methyl sites for hydroxylation is 1. The summed E-state index contributed by atoms with van der Waals surface area (Å²) < 4.78 is 0. The molecule has 0 aliphatic heterocycles. The normalized spacial score (nSPS) is 10.4. The molecule has 16 heavy (non-hydrogen) atoms. The minimum atomic E-state index is -0.199. The van der Waals surface area contributed by atoms with Crippen molar-refractivity contribution in [3.63, 3.8) is 0 Å². The Labute approximate surface area is 98.1 Å². The molecule has 3 nitrogen and oxygen atoms in total. The molecule has 2 rings (SSSR count). The molecule has 0 bridgehead atoms. The largest absolute Gasteiger partial charge is 0.306 e. The van der Waals surface area contributed by atoms with E-state index in [4.69, 9.17) is 11.6 Å². The number of H-pyrrole nitrogens is 1. The van der Waals surface area contributed by atoms with Crippen molar-refractivity contribution in [3.8, 4) is 11.4 Å². The lowest BCUT2D eigenvalue weighted by atomic mass is 10.1. The summed E-state index contributed by atoms with van der Waals surface area (Å²) in [6.45, 7) is 3.65. The zero-order chi connectivity index (χ0) is 11.7. The van der Waals surface area contributed by atoms with Crippen LogP contribution in [0.4, 0.5) is 0 Å². The minimum absolute atomic E-state index is 0.199. The van der Waals surface area contributed by atoms with Crippen LogP contribution in [0.15, 0.2) is 29.1 Å². The summed E-state index contributed by atoms with van der Waals surface area (Å²) in [5.74, 6) is 0.501. The van der Waals surface area contributed by atoms with Crippen LogP contribution < -0.4 is 5.56 Å². The van der Waals surface area contributed by atoms with Crippen LogP contribution in [0.5, 0.6) is 0 Å². The van der Waals surface area contributed by atoms with E-state index in [2.05, 4.69) is 9.97 Å². The first kappa shape index (κ1) is 10.9. The summed E-state index contributed by atoms with van der Waals surface area (Å²) in [5.41, 5.74) is 2.25. The summed E-state index contributed by atoms with van der Waals surface area (Å²) in [5, 5.41) is 0.249. The number of benzene rings is 1. The summed E-state index contributed by atoms with van der Waals surface area (Å²) >= 11 is 5.87. The number of halogens is 1. The number of hydrogen-bond acceptors (Lipinski definition) is 2. The molecular formula is C12H11ClN2O. The molecule has 1 aromatic heterocycles. The first-order chi connectivity index (χ1) is 7.58. The van der Waals surface area contributed by atoms with Gasteiger partial charge in [-0.3, -0.25) is 4.79 Å². The van der Waals surface area contributed by atoms with Gasteiger partial charge >= 0.3 is 0 Å². The fourth-order valence-electron chi connectivity index (χ4n) is 1.35. The molecule has 0 saturated carbocycles. The van der Waals surface area contributed by atoms with E-state index in [1.54, 1.807) is 6.92 Å². The van der Waals surface area contributed by atoms with Gasteiger partial charge in [-0.2, -0.15) is 0 Å². The van der Waals surface area contributed by atoms with Crippen molar-refractivity contribution in [2.75, 3.05) is 0 Å². The van der Waals surface area contributed by atoms with Crippen molar-refractivity contribution in [2.24, 2.45) is 0 Å². The monoisotopic (exact) mass is 234 g/mol. The van der Waals surface area contributed by atoms with Gasteiger partial charge in [-0.05, 0) is 13.8 Å². The van der Waals surface area contributed by atoms with Crippen LogP contribution in [0.1, 0.15) is 11.1 Å². The van der Waals surface area contributed by atoms with Crippen molar-refractivity contribution in [3.05, 3.63) is 50.9 Å². The van der Waals surface area contributed by atoms with Gasteiger partial charge in [0, 0.05) is 5.56 Å². The maximum Gasteiger partial charge on any atom is 0.255 e. The summed E-state index contributed by atoms with van der Waals surface area (Å²) in [7, 11) is 0. The Bertz CT molecular complexity index is 573. The lowest BCUT2D eigenvalue weighted by Crippen LogP contribution is -2.12. The van der Waals surface area contributed by atoms with Crippen LogP contribution in [0.3, 0.4) is 0 Å². The Balaban J connectivity index is 2.57. The first-order valence-electron chi connectivity index (χ1n) is 4.91. The van der Waals surface area contributed by atoms with Crippen LogP contribution in [-0.4, -0.2) is 9.97 Å². The predicted molar refractivity (Wildman–Crippen MR) is 64.8 cm³/mol. The molecule has 0 radical (unpaired) electrons. The maximum absolute atomic E-state index is 11.5.